The van der Waals surface area contributed by atoms with Gasteiger partial charge in [-0.05, 0) is 49.1 Å². The summed E-state index contributed by atoms with van der Waals surface area (Å²) in [6.07, 6.45) is 1.87. The van der Waals surface area contributed by atoms with Crippen molar-refractivity contribution in [1.29, 1.82) is 0 Å². The van der Waals surface area contributed by atoms with Gasteiger partial charge in [0.1, 0.15) is 5.75 Å². The fourth-order valence-corrected chi connectivity index (χ4v) is 2.03. The molecule has 0 aliphatic rings. The summed E-state index contributed by atoms with van der Waals surface area (Å²) in [5.74, 6) is 2.16. The highest BCUT2D eigenvalue weighted by atomic mass is 16.5. The molecule has 3 nitrogen and oxygen atoms in total. The van der Waals surface area contributed by atoms with Crippen LogP contribution in [-0.4, -0.2) is 11.5 Å². The number of aromatic nitrogens is 1. The monoisotopic (exact) mass is 284 g/mol. The first-order chi connectivity index (χ1) is 10.1. The third-order valence-electron chi connectivity index (χ3n) is 3.45. The van der Waals surface area contributed by atoms with E-state index in [-0.39, 0.29) is 0 Å². The van der Waals surface area contributed by atoms with Crippen molar-refractivity contribution >= 4 is 0 Å². The number of nitrogens with one attached hydrogen (secondary N) is 1. The number of hydrogen-bond donors (Lipinski definition) is 1. The second-order valence-electron chi connectivity index (χ2n) is 5.83. The molecule has 0 fully saturated rings. The third kappa shape index (κ3) is 4.57. The predicted octanol–water partition coefficient (Wildman–Crippen LogP) is 4.24. The van der Waals surface area contributed by atoms with Crippen molar-refractivity contribution in [2.75, 3.05) is 6.54 Å². The molecule has 21 heavy (non-hydrogen) atoms. The molecule has 2 rings (SSSR count). The summed E-state index contributed by atoms with van der Waals surface area (Å²) in [7, 11) is 0. The molecule has 0 saturated heterocycles. The molecule has 0 atom stereocenters. The molecule has 0 spiro atoms. The highest BCUT2D eigenvalue weighted by Gasteiger charge is 2.04. The quantitative estimate of drug-likeness (QED) is 0.861. The number of rotatable bonds is 6. The van der Waals surface area contributed by atoms with Crippen LogP contribution in [0.25, 0.3) is 0 Å². The lowest BCUT2D eigenvalue weighted by molar-refractivity contribution is 0.458. The molecule has 1 heterocycles. The Morgan fingerprint density at radius 1 is 1.14 bits per heavy atom. The van der Waals surface area contributed by atoms with Gasteiger partial charge in [-0.15, -0.1) is 0 Å². The van der Waals surface area contributed by atoms with E-state index in [0.29, 0.717) is 11.8 Å². The fourth-order valence-electron chi connectivity index (χ4n) is 2.03. The lowest BCUT2D eigenvalue weighted by Crippen LogP contribution is -2.18. The molecule has 0 amide bonds. The molecule has 0 bridgehead atoms. The van der Waals surface area contributed by atoms with Crippen LogP contribution in [-0.2, 0) is 6.54 Å². The highest BCUT2D eigenvalue weighted by Crippen LogP contribution is 2.25. The van der Waals surface area contributed by atoms with Crippen LogP contribution >= 0.6 is 0 Å². The van der Waals surface area contributed by atoms with Gasteiger partial charge in [-0.1, -0.05) is 32.0 Å². The topological polar surface area (TPSA) is 34.1 Å². The van der Waals surface area contributed by atoms with E-state index in [9.17, 15) is 0 Å². The summed E-state index contributed by atoms with van der Waals surface area (Å²) in [5.41, 5.74) is 3.55. The number of nitrogens with zero attached hydrogens (tertiary/aromatic N) is 1. The molecule has 0 radical (unpaired) electrons. The molecule has 2 aromatic rings. The van der Waals surface area contributed by atoms with E-state index in [4.69, 9.17) is 4.74 Å². The van der Waals surface area contributed by atoms with E-state index in [0.717, 1.165) is 24.4 Å². The minimum absolute atomic E-state index is 0.635. The first-order valence-corrected chi connectivity index (χ1v) is 7.46. The van der Waals surface area contributed by atoms with Gasteiger partial charge in [0, 0.05) is 18.8 Å². The number of hydrogen-bond acceptors (Lipinski definition) is 3. The largest absolute Gasteiger partial charge is 0.439 e. The molecule has 3 heteroatoms. The minimum atomic E-state index is 0.635. The Bertz CT molecular complexity index is 576. The molecule has 0 unspecified atom stereocenters. The van der Waals surface area contributed by atoms with Gasteiger partial charge in [0.25, 0.3) is 0 Å². The molecule has 0 aliphatic heterocycles. The van der Waals surface area contributed by atoms with Crippen molar-refractivity contribution in [2.24, 2.45) is 5.92 Å². The molecule has 1 aromatic heterocycles. The van der Waals surface area contributed by atoms with Crippen molar-refractivity contribution < 1.29 is 4.74 Å². The Balaban J connectivity index is 1.97. The normalized spacial score (nSPS) is 10.9. The zero-order valence-corrected chi connectivity index (χ0v) is 13.3. The van der Waals surface area contributed by atoms with Gasteiger partial charge in [0.05, 0.1) is 0 Å². The fraction of sp³-hybridized carbons (Fsp3) is 0.389. The van der Waals surface area contributed by atoms with Crippen LogP contribution < -0.4 is 10.1 Å². The van der Waals surface area contributed by atoms with E-state index in [1.807, 2.05) is 24.4 Å². The average Bonchev–Trinajstić information content (AvgIpc) is 2.45. The summed E-state index contributed by atoms with van der Waals surface area (Å²) in [6.45, 7) is 10.4. The standard InChI is InChI=1S/C18H24N2O/c1-13(2)10-19-11-16-8-9-18(20-12-16)21-17-7-5-6-14(3)15(17)4/h5-9,12-13,19H,10-11H2,1-4H3. The zero-order valence-electron chi connectivity index (χ0n) is 13.3. The Morgan fingerprint density at radius 3 is 2.62 bits per heavy atom. The first-order valence-electron chi connectivity index (χ1n) is 7.46. The van der Waals surface area contributed by atoms with E-state index in [1.165, 1.54) is 11.1 Å². The van der Waals surface area contributed by atoms with E-state index < -0.39 is 0 Å². The second-order valence-corrected chi connectivity index (χ2v) is 5.83. The summed E-state index contributed by atoms with van der Waals surface area (Å²) >= 11 is 0. The van der Waals surface area contributed by atoms with Crippen LogP contribution in [0.15, 0.2) is 36.5 Å². The smallest absolute Gasteiger partial charge is 0.219 e. The molecule has 1 aromatic carbocycles. The number of aryl methyl sites for hydroxylation is 1. The predicted molar refractivity (Wildman–Crippen MR) is 86.8 cm³/mol. The summed E-state index contributed by atoms with van der Waals surface area (Å²) in [6, 6.07) is 10.0. The van der Waals surface area contributed by atoms with Crippen molar-refractivity contribution in [3.05, 3.63) is 53.2 Å². The lowest BCUT2D eigenvalue weighted by Gasteiger charge is -2.10. The van der Waals surface area contributed by atoms with Crippen molar-refractivity contribution in [3.8, 4) is 11.6 Å². The maximum atomic E-state index is 5.86. The van der Waals surface area contributed by atoms with E-state index in [1.54, 1.807) is 0 Å². The molecule has 1 N–H and O–H groups in total. The summed E-state index contributed by atoms with van der Waals surface area (Å²) < 4.78 is 5.86. The number of benzene rings is 1. The van der Waals surface area contributed by atoms with Crippen LogP contribution in [0, 0.1) is 19.8 Å². The van der Waals surface area contributed by atoms with Gasteiger partial charge in [-0.2, -0.15) is 0 Å². The van der Waals surface area contributed by atoms with E-state index in [2.05, 4.69) is 50.1 Å². The molecular formula is C18H24N2O. The Kier molecular flexibility index (Phi) is 5.34. The summed E-state index contributed by atoms with van der Waals surface area (Å²) in [4.78, 5) is 4.38. The Morgan fingerprint density at radius 2 is 1.95 bits per heavy atom. The van der Waals surface area contributed by atoms with Crippen molar-refractivity contribution in [1.82, 2.24) is 10.3 Å². The maximum Gasteiger partial charge on any atom is 0.219 e. The van der Waals surface area contributed by atoms with E-state index >= 15 is 0 Å². The van der Waals surface area contributed by atoms with Gasteiger partial charge in [0.2, 0.25) is 5.88 Å². The van der Waals surface area contributed by atoms with Gasteiger partial charge in [-0.3, -0.25) is 0 Å². The Hall–Kier alpha value is -1.87. The summed E-state index contributed by atoms with van der Waals surface area (Å²) in [5, 5.41) is 3.41. The van der Waals surface area contributed by atoms with Crippen molar-refractivity contribution in [3.63, 3.8) is 0 Å². The van der Waals surface area contributed by atoms with Gasteiger partial charge in [0.15, 0.2) is 0 Å². The molecular weight excluding hydrogens is 260 g/mol. The SMILES string of the molecule is Cc1cccc(Oc2ccc(CNCC(C)C)cn2)c1C. The van der Waals surface area contributed by atoms with Crippen molar-refractivity contribution in [2.45, 2.75) is 34.2 Å². The molecule has 0 saturated carbocycles. The zero-order chi connectivity index (χ0) is 15.2. The van der Waals surface area contributed by atoms with Gasteiger partial charge in [-0.25, -0.2) is 4.98 Å². The molecule has 0 aliphatic carbocycles. The maximum absolute atomic E-state index is 5.86. The number of ether oxygens (including phenoxy) is 1. The van der Waals surface area contributed by atoms with Crippen LogP contribution in [0.1, 0.15) is 30.5 Å². The van der Waals surface area contributed by atoms with Gasteiger partial charge >= 0.3 is 0 Å². The third-order valence-corrected chi connectivity index (χ3v) is 3.45. The van der Waals surface area contributed by atoms with Crippen LogP contribution in [0.4, 0.5) is 0 Å². The first kappa shape index (κ1) is 15.5. The second kappa shape index (κ2) is 7.23. The van der Waals surface area contributed by atoms with Gasteiger partial charge < -0.3 is 10.1 Å². The van der Waals surface area contributed by atoms with Crippen LogP contribution in [0.2, 0.25) is 0 Å². The average molecular weight is 284 g/mol. The molecule has 112 valence electrons. The minimum Gasteiger partial charge on any atom is -0.439 e. The number of pyridine rings is 1. The van der Waals surface area contributed by atoms with Crippen LogP contribution in [0.3, 0.4) is 0 Å². The Labute approximate surface area is 127 Å². The highest BCUT2D eigenvalue weighted by molar-refractivity contribution is 5.40. The lowest BCUT2D eigenvalue weighted by atomic mass is 10.1. The van der Waals surface area contributed by atoms with Crippen LogP contribution in [0.5, 0.6) is 11.6 Å².